The minimum Gasteiger partial charge on any atom is -0.456 e. The van der Waals surface area contributed by atoms with Crippen molar-refractivity contribution in [2.75, 3.05) is 6.61 Å². The minimum absolute atomic E-state index is 0.0312. The number of nitrogens with zero attached hydrogens (tertiary/aromatic N) is 2. The van der Waals surface area contributed by atoms with Crippen molar-refractivity contribution in [1.82, 2.24) is 4.90 Å². The second kappa shape index (κ2) is 9.61. The highest BCUT2D eigenvalue weighted by atomic mass is 16.6. The van der Waals surface area contributed by atoms with Gasteiger partial charge in [-0.15, -0.1) is 0 Å². The lowest BCUT2D eigenvalue weighted by molar-refractivity contribution is -0.384. The second-order valence-corrected chi connectivity index (χ2v) is 6.69. The first-order chi connectivity index (χ1) is 14.9. The Morgan fingerprint density at radius 2 is 1.71 bits per heavy atom. The van der Waals surface area contributed by atoms with Crippen LogP contribution in [0, 0.1) is 10.1 Å². The van der Waals surface area contributed by atoms with Crippen LogP contribution in [-0.2, 0) is 25.7 Å². The summed E-state index contributed by atoms with van der Waals surface area (Å²) in [5, 5.41) is 10.7. The highest BCUT2D eigenvalue weighted by molar-refractivity contribution is 6.01. The number of ketones is 1. The number of imide groups is 1. The zero-order valence-corrected chi connectivity index (χ0v) is 16.3. The van der Waals surface area contributed by atoms with E-state index in [1.54, 1.807) is 30.3 Å². The third-order valence-corrected chi connectivity index (χ3v) is 4.63. The normalized spacial score (nSPS) is 15.4. The molecule has 0 unspecified atom stereocenters. The van der Waals surface area contributed by atoms with Crippen LogP contribution in [0.4, 0.5) is 10.5 Å². The number of nitro benzene ring substituents is 1. The number of hydrogen-bond acceptors (Lipinski definition) is 8. The molecule has 0 bridgehead atoms. The van der Waals surface area contributed by atoms with Gasteiger partial charge in [-0.3, -0.25) is 19.7 Å². The number of likely N-dealkylation sites (tertiary alicyclic amines) is 1. The Kier molecular flexibility index (Phi) is 6.71. The van der Waals surface area contributed by atoms with Crippen molar-refractivity contribution >= 4 is 29.4 Å². The lowest BCUT2D eigenvalue weighted by atomic mass is 10.1. The van der Waals surface area contributed by atoms with Gasteiger partial charge >= 0.3 is 12.1 Å². The monoisotopic (exact) mass is 426 g/mol. The van der Waals surface area contributed by atoms with Gasteiger partial charge in [0.1, 0.15) is 12.6 Å². The minimum atomic E-state index is -1.18. The summed E-state index contributed by atoms with van der Waals surface area (Å²) in [6, 6.07) is 12.5. The summed E-state index contributed by atoms with van der Waals surface area (Å²) in [5.41, 5.74) is 0.665. The van der Waals surface area contributed by atoms with Crippen LogP contribution >= 0.6 is 0 Å². The van der Waals surface area contributed by atoms with Crippen molar-refractivity contribution < 1.29 is 33.6 Å². The van der Waals surface area contributed by atoms with Gasteiger partial charge in [-0.25, -0.2) is 14.5 Å². The fraction of sp³-hybridized carbons (Fsp3) is 0.238. The number of amides is 2. The summed E-state index contributed by atoms with van der Waals surface area (Å²) >= 11 is 0. The molecule has 160 valence electrons. The number of nitro groups is 1. The molecule has 0 radical (unpaired) electrons. The highest BCUT2D eigenvalue weighted by Gasteiger charge is 2.42. The maximum atomic E-state index is 12.4. The first-order valence-corrected chi connectivity index (χ1v) is 9.34. The van der Waals surface area contributed by atoms with Crippen LogP contribution in [0.25, 0.3) is 0 Å². The first kappa shape index (κ1) is 21.6. The molecule has 10 heteroatoms. The Hall–Kier alpha value is -4.08. The van der Waals surface area contributed by atoms with E-state index in [9.17, 15) is 29.3 Å². The molecule has 0 aliphatic carbocycles. The van der Waals surface area contributed by atoms with Gasteiger partial charge in [0.15, 0.2) is 12.4 Å². The average Bonchev–Trinajstić information content (AvgIpc) is 3.18. The molecule has 1 saturated heterocycles. The summed E-state index contributed by atoms with van der Waals surface area (Å²) in [4.78, 5) is 59.8. The quantitative estimate of drug-likeness (QED) is 0.286. The molecule has 1 atom stereocenters. The van der Waals surface area contributed by atoms with Gasteiger partial charge in [0.25, 0.3) is 5.69 Å². The van der Waals surface area contributed by atoms with Gasteiger partial charge < -0.3 is 9.47 Å². The van der Waals surface area contributed by atoms with Crippen LogP contribution in [-0.4, -0.2) is 46.2 Å². The van der Waals surface area contributed by atoms with E-state index in [0.29, 0.717) is 4.90 Å². The number of non-ortho nitro benzene ring substituents is 1. The largest absolute Gasteiger partial charge is 0.456 e. The van der Waals surface area contributed by atoms with E-state index < -0.39 is 41.3 Å². The smallest absolute Gasteiger partial charge is 0.417 e. The summed E-state index contributed by atoms with van der Waals surface area (Å²) < 4.78 is 10.1. The Morgan fingerprint density at radius 1 is 1.03 bits per heavy atom. The van der Waals surface area contributed by atoms with E-state index in [1.807, 2.05) is 0 Å². The van der Waals surface area contributed by atoms with Crippen molar-refractivity contribution in [1.29, 1.82) is 0 Å². The molecule has 2 aromatic rings. The number of rotatable bonds is 7. The molecule has 2 amide bonds. The number of benzene rings is 2. The fourth-order valence-electron chi connectivity index (χ4n) is 3.01. The van der Waals surface area contributed by atoms with E-state index in [1.165, 1.54) is 12.1 Å². The van der Waals surface area contributed by atoms with E-state index in [2.05, 4.69) is 0 Å². The van der Waals surface area contributed by atoms with Gasteiger partial charge in [0, 0.05) is 24.1 Å². The predicted octanol–water partition coefficient (Wildman–Crippen LogP) is 2.65. The number of hydrogen-bond donors (Lipinski definition) is 0. The molecule has 10 nitrogen and oxygen atoms in total. The van der Waals surface area contributed by atoms with Crippen LogP contribution in [0.3, 0.4) is 0 Å². The van der Waals surface area contributed by atoms with Crippen molar-refractivity contribution in [3.8, 4) is 0 Å². The highest BCUT2D eigenvalue weighted by Crippen LogP contribution is 2.22. The van der Waals surface area contributed by atoms with Gasteiger partial charge in [-0.05, 0) is 24.1 Å². The molecule has 0 saturated carbocycles. The SMILES string of the molecule is O=C(COC(=O)[C@H]1CCC(=O)N1C(=O)OCc1ccccc1)c1ccc([N+](=O)[O-])cc1. The molecule has 1 heterocycles. The standard InChI is InChI=1S/C21H18N2O8/c24-18(15-6-8-16(9-7-15)23(28)29)13-30-20(26)17-10-11-19(25)22(17)21(27)31-12-14-4-2-1-3-5-14/h1-9,17H,10-13H2/t17-/m1/s1. The third kappa shape index (κ3) is 5.30. The van der Waals surface area contributed by atoms with E-state index in [0.717, 1.165) is 17.7 Å². The molecule has 1 fully saturated rings. The maximum Gasteiger partial charge on any atom is 0.417 e. The van der Waals surface area contributed by atoms with Crippen molar-refractivity contribution in [3.05, 3.63) is 75.8 Å². The van der Waals surface area contributed by atoms with Crippen LogP contribution in [0.15, 0.2) is 54.6 Å². The van der Waals surface area contributed by atoms with Crippen molar-refractivity contribution in [2.45, 2.75) is 25.5 Å². The second-order valence-electron chi connectivity index (χ2n) is 6.69. The molecular weight excluding hydrogens is 408 g/mol. The molecule has 2 aromatic carbocycles. The van der Waals surface area contributed by atoms with Crippen LogP contribution < -0.4 is 0 Å². The Labute approximate surface area is 176 Å². The van der Waals surface area contributed by atoms with Crippen molar-refractivity contribution in [3.63, 3.8) is 0 Å². The number of carbonyl (C=O) groups excluding carboxylic acids is 4. The number of ether oxygens (including phenoxy) is 2. The predicted molar refractivity (Wildman–Crippen MR) is 105 cm³/mol. The van der Waals surface area contributed by atoms with E-state index >= 15 is 0 Å². The first-order valence-electron chi connectivity index (χ1n) is 9.34. The average molecular weight is 426 g/mol. The maximum absolute atomic E-state index is 12.4. The summed E-state index contributed by atoms with van der Waals surface area (Å²) in [7, 11) is 0. The molecule has 31 heavy (non-hydrogen) atoms. The van der Waals surface area contributed by atoms with E-state index in [4.69, 9.17) is 9.47 Å². The van der Waals surface area contributed by atoms with Gasteiger partial charge in [-0.2, -0.15) is 0 Å². The molecule has 0 N–H and O–H groups in total. The number of esters is 1. The molecule has 1 aliphatic heterocycles. The van der Waals surface area contributed by atoms with Crippen LogP contribution in [0.1, 0.15) is 28.8 Å². The number of carbonyl (C=O) groups is 4. The molecule has 1 aliphatic rings. The van der Waals surface area contributed by atoms with Gasteiger partial charge in [-0.1, -0.05) is 30.3 Å². The number of Topliss-reactive ketones (excluding diaryl/α,β-unsaturated/α-hetero) is 1. The van der Waals surface area contributed by atoms with E-state index in [-0.39, 0.29) is 30.7 Å². The van der Waals surface area contributed by atoms with Gasteiger partial charge in [0.05, 0.1) is 4.92 Å². The Balaban J connectivity index is 1.56. The lowest BCUT2D eigenvalue weighted by Gasteiger charge is -2.21. The zero-order chi connectivity index (χ0) is 22.4. The summed E-state index contributed by atoms with van der Waals surface area (Å²) in [6.07, 6.45) is -0.935. The molecule has 0 spiro atoms. The third-order valence-electron chi connectivity index (χ3n) is 4.63. The van der Waals surface area contributed by atoms with Crippen LogP contribution in [0.5, 0.6) is 0 Å². The Morgan fingerprint density at radius 3 is 2.35 bits per heavy atom. The topological polar surface area (TPSA) is 133 Å². The van der Waals surface area contributed by atoms with Crippen LogP contribution in [0.2, 0.25) is 0 Å². The molecule has 0 aromatic heterocycles. The zero-order valence-electron chi connectivity index (χ0n) is 16.3. The van der Waals surface area contributed by atoms with Crippen molar-refractivity contribution in [2.24, 2.45) is 0 Å². The lowest BCUT2D eigenvalue weighted by Crippen LogP contribution is -2.44. The van der Waals surface area contributed by atoms with Gasteiger partial charge in [0.2, 0.25) is 5.91 Å². The Bertz CT molecular complexity index is 1000. The summed E-state index contributed by atoms with van der Waals surface area (Å²) in [6.45, 7) is -0.696. The molecule has 3 rings (SSSR count). The fourth-order valence-corrected chi connectivity index (χ4v) is 3.01. The molecular formula is C21H18N2O8. The summed E-state index contributed by atoms with van der Waals surface area (Å²) in [5.74, 6) is -2.05.